The molecule has 4 nitrogen and oxygen atoms in total. The standard InChI is InChI=1S/C12H20N2O2/c1-4-16-8-9(2)14-11-5-10(13)6-12(7-11)15-3/h5-7,9,14H,4,8,13H2,1-3H3. The van der Waals surface area contributed by atoms with Gasteiger partial charge in [0.15, 0.2) is 0 Å². The van der Waals surface area contributed by atoms with Crippen LogP contribution in [0, 0.1) is 0 Å². The number of methoxy groups -OCH3 is 1. The molecule has 0 fully saturated rings. The second-order valence-corrected chi connectivity index (χ2v) is 3.70. The van der Waals surface area contributed by atoms with Gasteiger partial charge in [0.05, 0.1) is 13.7 Å². The van der Waals surface area contributed by atoms with Crippen LogP contribution in [0.3, 0.4) is 0 Å². The molecule has 1 unspecified atom stereocenters. The van der Waals surface area contributed by atoms with Gasteiger partial charge in [0.25, 0.3) is 0 Å². The van der Waals surface area contributed by atoms with E-state index in [1.54, 1.807) is 13.2 Å². The van der Waals surface area contributed by atoms with E-state index >= 15 is 0 Å². The summed E-state index contributed by atoms with van der Waals surface area (Å²) >= 11 is 0. The Hall–Kier alpha value is -1.42. The van der Waals surface area contributed by atoms with E-state index in [4.69, 9.17) is 15.2 Å². The number of benzene rings is 1. The van der Waals surface area contributed by atoms with E-state index in [0.717, 1.165) is 18.0 Å². The van der Waals surface area contributed by atoms with Crippen molar-refractivity contribution in [2.24, 2.45) is 0 Å². The second-order valence-electron chi connectivity index (χ2n) is 3.70. The summed E-state index contributed by atoms with van der Waals surface area (Å²) in [6, 6.07) is 5.83. The van der Waals surface area contributed by atoms with Crippen LogP contribution in [0.15, 0.2) is 18.2 Å². The van der Waals surface area contributed by atoms with Crippen LogP contribution < -0.4 is 15.8 Å². The van der Waals surface area contributed by atoms with Gasteiger partial charge in [0.1, 0.15) is 5.75 Å². The van der Waals surface area contributed by atoms with Crippen LogP contribution in [0.2, 0.25) is 0 Å². The minimum Gasteiger partial charge on any atom is -0.497 e. The van der Waals surface area contributed by atoms with Gasteiger partial charge in [-0.1, -0.05) is 0 Å². The third-order valence-electron chi connectivity index (χ3n) is 2.15. The predicted octanol–water partition coefficient (Wildman–Crippen LogP) is 2.11. The Bertz CT molecular complexity index is 329. The van der Waals surface area contributed by atoms with E-state index in [1.807, 2.05) is 19.1 Å². The average molecular weight is 224 g/mol. The van der Waals surface area contributed by atoms with Gasteiger partial charge in [-0.25, -0.2) is 0 Å². The van der Waals surface area contributed by atoms with Crippen LogP contribution >= 0.6 is 0 Å². The van der Waals surface area contributed by atoms with Crippen molar-refractivity contribution in [1.29, 1.82) is 0 Å². The van der Waals surface area contributed by atoms with E-state index in [0.29, 0.717) is 12.3 Å². The van der Waals surface area contributed by atoms with E-state index < -0.39 is 0 Å². The van der Waals surface area contributed by atoms with Gasteiger partial charge in [-0.2, -0.15) is 0 Å². The molecule has 1 rings (SSSR count). The number of anilines is 2. The molecule has 0 aliphatic rings. The van der Waals surface area contributed by atoms with Gasteiger partial charge >= 0.3 is 0 Å². The lowest BCUT2D eigenvalue weighted by atomic mass is 10.2. The molecule has 0 spiro atoms. The topological polar surface area (TPSA) is 56.5 Å². The van der Waals surface area contributed by atoms with Crippen LogP contribution in [0.5, 0.6) is 5.75 Å². The molecule has 0 saturated heterocycles. The van der Waals surface area contributed by atoms with Crippen molar-refractivity contribution in [1.82, 2.24) is 0 Å². The summed E-state index contributed by atoms with van der Waals surface area (Å²) in [4.78, 5) is 0. The third kappa shape index (κ3) is 3.98. The van der Waals surface area contributed by atoms with Crippen molar-refractivity contribution in [2.45, 2.75) is 19.9 Å². The molecule has 1 atom stereocenters. The molecule has 0 amide bonds. The Balaban J connectivity index is 2.61. The summed E-state index contributed by atoms with van der Waals surface area (Å²) in [6.07, 6.45) is 0. The predicted molar refractivity (Wildman–Crippen MR) is 67.0 cm³/mol. The lowest BCUT2D eigenvalue weighted by molar-refractivity contribution is 0.141. The zero-order chi connectivity index (χ0) is 12.0. The van der Waals surface area contributed by atoms with E-state index in [1.165, 1.54) is 0 Å². The highest BCUT2D eigenvalue weighted by atomic mass is 16.5. The highest BCUT2D eigenvalue weighted by Crippen LogP contribution is 2.22. The molecule has 1 aromatic rings. The van der Waals surface area contributed by atoms with Crippen LogP contribution in [0.25, 0.3) is 0 Å². The van der Waals surface area contributed by atoms with Gasteiger partial charge < -0.3 is 20.5 Å². The first-order valence-corrected chi connectivity index (χ1v) is 5.44. The summed E-state index contributed by atoms with van der Waals surface area (Å²) in [6.45, 7) is 5.45. The first-order chi connectivity index (χ1) is 7.65. The quantitative estimate of drug-likeness (QED) is 0.727. The Morgan fingerprint density at radius 1 is 1.38 bits per heavy atom. The summed E-state index contributed by atoms with van der Waals surface area (Å²) in [5.74, 6) is 0.756. The SMILES string of the molecule is CCOCC(C)Nc1cc(N)cc(OC)c1. The maximum absolute atomic E-state index is 5.76. The van der Waals surface area contributed by atoms with Crippen molar-refractivity contribution in [2.75, 3.05) is 31.4 Å². The normalized spacial score (nSPS) is 12.2. The fourth-order valence-electron chi connectivity index (χ4n) is 1.44. The first kappa shape index (κ1) is 12.6. The lowest BCUT2D eigenvalue weighted by Gasteiger charge is -2.16. The smallest absolute Gasteiger partial charge is 0.122 e. The Morgan fingerprint density at radius 3 is 2.75 bits per heavy atom. The molecule has 16 heavy (non-hydrogen) atoms. The molecular formula is C12H20N2O2. The summed E-state index contributed by atoms with van der Waals surface area (Å²) in [5, 5.41) is 3.31. The molecule has 0 saturated carbocycles. The fourth-order valence-corrected chi connectivity index (χ4v) is 1.44. The van der Waals surface area contributed by atoms with Crippen molar-refractivity contribution in [3.05, 3.63) is 18.2 Å². The minimum absolute atomic E-state index is 0.242. The molecule has 1 aromatic carbocycles. The number of nitrogens with one attached hydrogen (secondary N) is 1. The maximum Gasteiger partial charge on any atom is 0.122 e. The Kier molecular flexibility index (Phi) is 4.92. The first-order valence-electron chi connectivity index (χ1n) is 5.44. The van der Waals surface area contributed by atoms with E-state index in [2.05, 4.69) is 12.2 Å². The summed E-state index contributed by atoms with van der Waals surface area (Å²) < 4.78 is 10.5. The number of ether oxygens (including phenoxy) is 2. The molecule has 0 radical (unpaired) electrons. The van der Waals surface area contributed by atoms with Gasteiger partial charge in [-0.05, 0) is 19.9 Å². The average Bonchev–Trinajstić information content (AvgIpc) is 2.25. The Labute approximate surface area is 96.7 Å². The zero-order valence-corrected chi connectivity index (χ0v) is 10.1. The monoisotopic (exact) mass is 224 g/mol. The Morgan fingerprint density at radius 2 is 2.12 bits per heavy atom. The molecule has 0 heterocycles. The van der Waals surface area contributed by atoms with E-state index in [9.17, 15) is 0 Å². The second kappa shape index (κ2) is 6.23. The summed E-state index contributed by atoms with van der Waals surface area (Å²) in [7, 11) is 1.63. The largest absolute Gasteiger partial charge is 0.497 e. The lowest BCUT2D eigenvalue weighted by Crippen LogP contribution is -2.21. The minimum atomic E-state index is 0.242. The van der Waals surface area contributed by atoms with Gasteiger partial charge in [0.2, 0.25) is 0 Å². The number of rotatable bonds is 6. The molecule has 90 valence electrons. The van der Waals surface area contributed by atoms with Crippen LogP contribution in [-0.4, -0.2) is 26.4 Å². The number of nitrogen functional groups attached to an aromatic ring is 1. The molecular weight excluding hydrogens is 204 g/mol. The van der Waals surface area contributed by atoms with Crippen LogP contribution in [-0.2, 0) is 4.74 Å². The summed E-state index contributed by atoms with van der Waals surface area (Å²) in [5.41, 5.74) is 7.39. The molecule has 0 aliphatic carbocycles. The molecule has 0 bridgehead atoms. The third-order valence-corrected chi connectivity index (χ3v) is 2.15. The highest BCUT2D eigenvalue weighted by Gasteiger charge is 2.04. The van der Waals surface area contributed by atoms with Crippen LogP contribution in [0.1, 0.15) is 13.8 Å². The number of hydrogen-bond donors (Lipinski definition) is 2. The van der Waals surface area contributed by atoms with Crippen molar-refractivity contribution >= 4 is 11.4 Å². The highest BCUT2D eigenvalue weighted by molar-refractivity contribution is 5.59. The molecule has 0 aromatic heterocycles. The fraction of sp³-hybridized carbons (Fsp3) is 0.500. The van der Waals surface area contributed by atoms with Crippen molar-refractivity contribution in [3.8, 4) is 5.75 Å². The van der Waals surface area contributed by atoms with Crippen molar-refractivity contribution < 1.29 is 9.47 Å². The molecule has 3 N–H and O–H groups in total. The van der Waals surface area contributed by atoms with Crippen molar-refractivity contribution in [3.63, 3.8) is 0 Å². The van der Waals surface area contributed by atoms with Gasteiger partial charge in [-0.15, -0.1) is 0 Å². The number of hydrogen-bond acceptors (Lipinski definition) is 4. The number of nitrogens with two attached hydrogens (primary N) is 1. The molecule has 0 aliphatic heterocycles. The molecule has 4 heteroatoms. The zero-order valence-electron chi connectivity index (χ0n) is 10.1. The van der Waals surface area contributed by atoms with Crippen LogP contribution in [0.4, 0.5) is 11.4 Å². The van der Waals surface area contributed by atoms with Gasteiger partial charge in [0, 0.05) is 36.2 Å². The van der Waals surface area contributed by atoms with E-state index in [-0.39, 0.29) is 6.04 Å². The maximum atomic E-state index is 5.76. The van der Waals surface area contributed by atoms with Gasteiger partial charge in [-0.3, -0.25) is 0 Å².